The highest BCUT2D eigenvalue weighted by molar-refractivity contribution is 5.97. The third-order valence-corrected chi connectivity index (χ3v) is 3.81. The number of amides is 1. The van der Waals surface area contributed by atoms with Crippen LogP contribution in [-0.2, 0) is 0 Å². The molecule has 1 saturated heterocycles. The summed E-state index contributed by atoms with van der Waals surface area (Å²) in [6.07, 6.45) is 2.22. The molecule has 0 saturated carbocycles. The van der Waals surface area contributed by atoms with E-state index in [0.717, 1.165) is 19.5 Å². The average Bonchev–Trinajstić information content (AvgIpc) is 3.00. The van der Waals surface area contributed by atoms with Crippen LogP contribution in [0.25, 0.3) is 0 Å². The summed E-state index contributed by atoms with van der Waals surface area (Å²) in [7, 11) is 0. The Labute approximate surface area is 118 Å². The van der Waals surface area contributed by atoms with Crippen LogP contribution in [0.15, 0.2) is 18.2 Å². The minimum Gasteiger partial charge on any atom is -0.486 e. The second-order valence-corrected chi connectivity index (χ2v) is 5.23. The van der Waals surface area contributed by atoms with E-state index in [0.29, 0.717) is 42.7 Å². The molecule has 0 aromatic heterocycles. The largest absolute Gasteiger partial charge is 0.486 e. The number of fused-ring (bicyclic) bond motifs is 1. The van der Waals surface area contributed by atoms with E-state index in [-0.39, 0.29) is 5.91 Å². The molecule has 3 rings (SSSR count). The number of rotatable bonds is 4. The Morgan fingerprint density at radius 1 is 1.35 bits per heavy atom. The van der Waals surface area contributed by atoms with Crippen molar-refractivity contribution in [2.45, 2.75) is 12.8 Å². The van der Waals surface area contributed by atoms with Crippen LogP contribution in [0, 0.1) is 5.92 Å². The zero-order chi connectivity index (χ0) is 13.8. The first-order valence-corrected chi connectivity index (χ1v) is 7.22. The van der Waals surface area contributed by atoms with Crippen LogP contribution < -0.4 is 20.1 Å². The predicted molar refractivity (Wildman–Crippen MR) is 75.4 cm³/mol. The number of para-hydroxylation sites is 1. The van der Waals surface area contributed by atoms with Crippen LogP contribution in [0.1, 0.15) is 23.2 Å². The van der Waals surface area contributed by atoms with Gasteiger partial charge in [-0.1, -0.05) is 6.07 Å². The van der Waals surface area contributed by atoms with Crippen LogP contribution in [0.2, 0.25) is 0 Å². The standard InChI is InChI=1S/C15H20N2O3/c18-15(17-7-5-11-4-6-16-10-11)12-2-1-3-13-14(12)20-9-8-19-13/h1-3,11,16H,4-10H2,(H,17,18). The smallest absolute Gasteiger partial charge is 0.255 e. The van der Waals surface area contributed by atoms with E-state index >= 15 is 0 Å². The number of nitrogens with one attached hydrogen (secondary N) is 2. The number of hydrogen-bond acceptors (Lipinski definition) is 4. The fourth-order valence-electron chi connectivity index (χ4n) is 2.70. The maximum Gasteiger partial charge on any atom is 0.255 e. The SMILES string of the molecule is O=C(NCCC1CCNC1)c1cccc2c1OCCO2. The predicted octanol–water partition coefficient (Wildman–Crippen LogP) is 1.19. The quantitative estimate of drug-likeness (QED) is 0.867. The molecule has 1 atom stereocenters. The number of ether oxygens (including phenoxy) is 2. The maximum absolute atomic E-state index is 12.2. The number of carbonyl (C=O) groups excluding carboxylic acids is 1. The van der Waals surface area contributed by atoms with E-state index in [4.69, 9.17) is 9.47 Å². The second-order valence-electron chi connectivity index (χ2n) is 5.23. The lowest BCUT2D eigenvalue weighted by Gasteiger charge is -2.20. The summed E-state index contributed by atoms with van der Waals surface area (Å²) in [5, 5.41) is 6.31. The van der Waals surface area contributed by atoms with E-state index in [1.807, 2.05) is 12.1 Å². The van der Waals surface area contributed by atoms with E-state index in [9.17, 15) is 4.79 Å². The molecule has 2 heterocycles. The molecule has 2 aliphatic rings. The Bertz CT molecular complexity index is 484. The molecule has 2 N–H and O–H groups in total. The third kappa shape index (κ3) is 2.88. The molecular weight excluding hydrogens is 256 g/mol. The molecular formula is C15H20N2O3. The van der Waals surface area contributed by atoms with E-state index in [2.05, 4.69) is 10.6 Å². The molecule has 0 spiro atoms. The summed E-state index contributed by atoms with van der Waals surface area (Å²) in [5.41, 5.74) is 0.562. The minimum absolute atomic E-state index is 0.0849. The molecule has 108 valence electrons. The van der Waals surface area contributed by atoms with Gasteiger partial charge in [0.25, 0.3) is 5.91 Å². The Morgan fingerprint density at radius 3 is 3.10 bits per heavy atom. The van der Waals surface area contributed by atoms with Crippen LogP contribution in [0.3, 0.4) is 0 Å². The van der Waals surface area contributed by atoms with Gasteiger partial charge in [0.2, 0.25) is 0 Å². The Balaban J connectivity index is 1.59. The maximum atomic E-state index is 12.2. The molecule has 1 unspecified atom stereocenters. The first-order chi connectivity index (χ1) is 9.84. The molecule has 5 nitrogen and oxygen atoms in total. The zero-order valence-corrected chi connectivity index (χ0v) is 11.5. The van der Waals surface area contributed by atoms with Crippen molar-refractivity contribution in [1.82, 2.24) is 10.6 Å². The van der Waals surface area contributed by atoms with Crippen molar-refractivity contribution >= 4 is 5.91 Å². The topological polar surface area (TPSA) is 59.6 Å². The summed E-state index contributed by atoms with van der Waals surface area (Å²) in [6.45, 7) is 3.89. The third-order valence-electron chi connectivity index (χ3n) is 3.81. The Hall–Kier alpha value is -1.75. The summed E-state index contributed by atoms with van der Waals surface area (Å²) >= 11 is 0. The highest BCUT2D eigenvalue weighted by Crippen LogP contribution is 2.33. The minimum atomic E-state index is -0.0849. The summed E-state index contributed by atoms with van der Waals surface area (Å²) in [6, 6.07) is 5.43. The first kappa shape index (κ1) is 13.2. The molecule has 1 aromatic carbocycles. The molecule has 20 heavy (non-hydrogen) atoms. The van der Waals surface area contributed by atoms with Crippen molar-refractivity contribution in [3.63, 3.8) is 0 Å². The highest BCUT2D eigenvalue weighted by Gasteiger charge is 2.20. The molecule has 2 aliphatic heterocycles. The summed E-state index contributed by atoms with van der Waals surface area (Å²) in [4.78, 5) is 12.2. The molecule has 1 amide bonds. The van der Waals surface area contributed by atoms with Gasteiger partial charge in [0, 0.05) is 6.54 Å². The molecule has 0 radical (unpaired) electrons. The average molecular weight is 276 g/mol. The van der Waals surface area contributed by atoms with E-state index < -0.39 is 0 Å². The van der Waals surface area contributed by atoms with E-state index in [1.165, 1.54) is 6.42 Å². The number of carbonyl (C=O) groups is 1. The lowest BCUT2D eigenvalue weighted by Crippen LogP contribution is -2.28. The fraction of sp³-hybridized carbons (Fsp3) is 0.533. The van der Waals surface area contributed by atoms with Crippen LogP contribution in [0.4, 0.5) is 0 Å². The van der Waals surface area contributed by atoms with Gasteiger partial charge in [-0.2, -0.15) is 0 Å². The highest BCUT2D eigenvalue weighted by atomic mass is 16.6. The van der Waals surface area contributed by atoms with Gasteiger partial charge in [-0.25, -0.2) is 0 Å². The van der Waals surface area contributed by atoms with Crippen molar-refractivity contribution < 1.29 is 14.3 Å². The van der Waals surface area contributed by atoms with Gasteiger partial charge in [-0.3, -0.25) is 4.79 Å². The van der Waals surface area contributed by atoms with Gasteiger partial charge in [-0.05, 0) is 44.0 Å². The Kier molecular flexibility index (Phi) is 4.06. The van der Waals surface area contributed by atoms with Gasteiger partial charge in [0.05, 0.1) is 5.56 Å². The van der Waals surface area contributed by atoms with Crippen LogP contribution in [-0.4, -0.2) is 38.8 Å². The molecule has 0 bridgehead atoms. The van der Waals surface area contributed by atoms with Gasteiger partial charge in [0.15, 0.2) is 11.5 Å². The van der Waals surface area contributed by atoms with Gasteiger partial charge < -0.3 is 20.1 Å². The number of benzene rings is 1. The monoisotopic (exact) mass is 276 g/mol. The van der Waals surface area contributed by atoms with E-state index in [1.54, 1.807) is 6.07 Å². The molecule has 1 aromatic rings. The molecule has 1 fully saturated rings. The van der Waals surface area contributed by atoms with Crippen molar-refractivity contribution in [3.8, 4) is 11.5 Å². The lowest BCUT2D eigenvalue weighted by atomic mass is 10.1. The van der Waals surface area contributed by atoms with Crippen molar-refractivity contribution in [1.29, 1.82) is 0 Å². The fourth-order valence-corrected chi connectivity index (χ4v) is 2.70. The normalized spacial score (nSPS) is 20.7. The van der Waals surface area contributed by atoms with Gasteiger partial charge in [0.1, 0.15) is 13.2 Å². The second kappa shape index (κ2) is 6.13. The molecule has 5 heteroatoms. The van der Waals surface area contributed by atoms with Crippen molar-refractivity contribution in [2.24, 2.45) is 5.92 Å². The number of hydrogen-bond donors (Lipinski definition) is 2. The van der Waals surface area contributed by atoms with Crippen molar-refractivity contribution in [3.05, 3.63) is 23.8 Å². The Morgan fingerprint density at radius 2 is 2.25 bits per heavy atom. The van der Waals surface area contributed by atoms with Crippen LogP contribution in [0.5, 0.6) is 11.5 Å². The summed E-state index contributed by atoms with van der Waals surface area (Å²) < 4.78 is 11.0. The van der Waals surface area contributed by atoms with Gasteiger partial charge >= 0.3 is 0 Å². The van der Waals surface area contributed by atoms with Gasteiger partial charge in [-0.15, -0.1) is 0 Å². The molecule has 0 aliphatic carbocycles. The van der Waals surface area contributed by atoms with Crippen LogP contribution >= 0.6 is 0 Å². The summed E-state index contributed by atoms with van der Waals surface area (Å²) in [5.74, 6) is 1.82. The zero-order valence-electron chi connectivity index (χ0n) is 11.5. The van der Waals surface area contributed by atoms with Crippen molar-refractivity contribution in [2.75, 3.05) is 32.8 Å². The first-order valence-electron chi connectivity index (χ1n) is 7.22. The lowest BCUT2D eigenvalue weighted by molar-refractivity contribution is 0.0940.